The second-order valence-corrected chi connectivity index (χ2v) is 9.14. The number of hydrogen-bond acceptors (Lipinski definition) is 6. The Labute approximate surface area is 172 Å². The second-order valence-electron chi connectivity index (χ2n) is 8.78. The number of nitrogens with one attached hydrogen (secondary N) is 1. The molecule has 1 aliphatic heterocycles. The first kappa shape index (κ1) is 22.5. The molecular weight excluding hydrogens is 380 g/mol. The van der Waals surface area contributed by atoms with Crippen molar-refractivity contribution >= 4 is 36.6 Å². The maximum Gasteiger partial charge on any atom is 0.492 e. The minimum absolute atomic E-state index is 0.162. The van der Waals surface area contributed by atoms with E-state index < -0.39 is 30.0 Å². The van der Waals surface area contributed by atoms with Crippen LogP contribution in [0.3, 0.4) is 0 Å². The molecule has 154 valence electrons. The lowest BCUT2D eigenvalue weighted by atomic mass is 9.77. The Balaban J connectivity index is 2.27. The van der Waals surface area contributed by atoms with E-state index in [0.717, 1.165) is 0 Å². The first-order chi connectivity index (χ1) is 12.7. The zero-order valence-electron chi connectivity index (χ0n) is 17.6. The lowest BCUT2D eigenvalue weighted by Gasteiger charge is -2.32. The average Bonchev–Trinajstić information content (AvgIpc) is 2.73. The van der Waals surface area contributed by atoms with Crippen LogP contribution in [0.25, 0.3) is 6.08 Å². The molecule has 0 unspecified atom stereocenters. The molecule has 0 atom stereocenters. The van der Waals surface area contributed by atoms with E-state index >= 15 is 0 Å². The molecule has 2 rings (SSSR count). The lowest BCUT2D eigenvalue weighted by molar-refractivity contribution is 0.00578. The summed E-state index contributed by atoms with van der Waals surface area (Å²) in [5.41, 5.74) is 5.75. The van der Waals surface area contributed by atoms with Crippen LogP contribution in [0.4, 0.5) is 10.5 Å². The summed E-state index contributed by atoms with van der Waals surface area (Å²) in [6, 6.07) is 3.41. The van der Waals surface area contributed by atoms with Crippen molar-refractivity contribution in [3.63, 3.8) is 0 Å². The molecule has 7 nitrogen and oxygen atoms in total. The third-order valence-corrected chi connectivity index (χ3v) is 4.93. The highest BCUT2D eigenvalue weighted by Gasteiger charge is 2.52. The number of ether oxygens (including phenoxy) is 1. The number of halogens is 1. The normalized spacial score (nSPS) is 18.9. The minimum atomic E-state index is -0.655. The predicted molar refractivity (Wildman–Crippen MR) is 112 cm³/mol. The molecule has 0 saturated carbocycles. The maximum absolute atomic E-state index is 12.1. The molecule has 1 fully saturated rings. The van der Waals surface area contributed by atoms with Gasteiger partial charge in [0.1, 0.15) is 5.60 Å². The van der Waals surface area contributed by atoms with Gasteiger partial charge in [-0.15, -0.1) is 0 Å². The van der Waals surface area contributed by atoms with E-state index in [0.29, 0.717) is 16.9 Å². The van der Waals surface area contributed by atoms with Crippen LogP contribution in [-0.2, 0) is 14.0 Å². The molecule has 0 radical (unpaired) electrons. The van der Waals surface area contributed by atoms with Gasteiger partial charge in [0, 0.05) is 6.54 Å². The zero-order valence-corrected chi connectivity index (χ0v) is 18.3. The summed E-state index contributed by atoms with van der Waals surface area (Å²) < 4.78 is 17.5. The monoisotopic (exact) mass is 409 g/mol. The lowest BCUT2D eigenvalue weighted by Crippen LogP contribution is -2.41. The third kappa shape index (κ3) is 5.62. The summed E-state index contributed by atoms with van der Waals surface area (Å²) in [6.45, 7) is 13.4. The standard InChI is InChI=1S/C19H29BClN3O4/c1-17(2,3)26-16(25)23-11-12(10-13-8-9-14(22)15(21)24-13)20-27-18(4,5)19(6,7)28-20/h8-10H,11,22H2,1-7H3,(H,23,25). The highest BCUT2D eigenvalue weighted by molar-refractivity contribution is 6.56. The Bertz CT molecular complexity index is 759. The van der Waals surface area contributed by atoms with Gasteiger partial charge in [0.2, 0.25) is 0 Å². The summed E-state index contributed by atoms with van der Waals surface area (Å²) in [4.78, 5) is 16.3. The van der Waals surface area contributed by atoms with Crippen molar-refractivity contribution < 1.29 is 18.8 Å². The van der Waals surface area contributed by atoms with Crippen LogP contribution in [0.15, 0.2) is 17.6 Å². The summed E-state index contributed by atoms with van der Waals surface area (Å²) in [7, 11) is -0.655. The van der Waals surface area contributed by atoms with Crippen molar-refractivity contribution in [2.24, 2.45) is 0 Å². The molecule has 1 aliphatic rings. The van der Waals surface area contributed by atoms with E-state index in [1.807, 2.05) is 27.7 Å². The van der Waals surface area contributed by atoms with Crippen molar-refractivity contribution in [3.05, 3.63) is 28.5 Å². The van der Waals surface area contributed by atoms with Gasteiger partial charge in [0.15, 0.2) is 5.15 Å². The predicted octanol–water partition coefficient (Wildman–Crippen LogP) is 3.86. The average molecular weight is 410 g/mol. The fourth-order valence-electron chi connectivity index (χ4n) is 2.41. The van der Waals surface area contributed by atoms with Crippen LogP contribution in [0.2, 0.25) is 5.15 Å². The Hall–Kier alpha value is -1.77. The number of amides is 1. The number of nitrogen functional groups attached to an aromatic ring is 1. The van der Waals surface area contributed by atoms with Crippen LogP contribution in [0.5, 0.6) is 0 Å². The van der Waals surface area contributed by atoms with E-state index in [9.17, 15) is 4.79 Å². The van der Waals surface area contributed by atoms with Crippen LogP contribution in [0.1, 0.15) is 54.2 Å². The second kappa shape index (κ2) is 7.93. The summed E-state index contributed by atoms with van der Waals surface area (Å²) in [5, 5.41) is 2.95. The van der Waals surface area contributed by atoms with Crippen molar-refractivity contribution in [1.82, 2.24) is 10.3 Å². The molecule has 1 amide bonds. The van der Waals surface area contributed by atoms with Gasteiger partial charge in [-0.25, -0.2) is 9.78 Å². The molecule has 1 saturated heterocycles. The van der Waals surface area contributed by atoms with E-state index in [4.69, 9.17) is 31.4 Å². The molecule has 3 N–H and O–H groups in total. The van der Waals surface area contributed by atoms with Crippen LogP contribution >= 0.6 is 11.6 Å². The number of carbonyl (C=O) groups excluding carboxylic acids is 1. The summed E-state index contributed by atoms with van der Waals surface area (Å²) >= 11 is 6.03. The number of pyridine rings is 1. The number of carbonyl (C=O) groups is 1. The van der Waals surface area contributed by atoms with Crippen molar-refractivity contribution in [1.29, 1.82) is 0 Å². The van der Waals surface area contributed by atoms with Gasteiger partial charge in [-0.3, -0.25) is 0 Å². The van der Waals surface area contributed by atoms with Gasteiger partial charge in [-0.1, -0.05) is 11.6 Å². The minimum Gasteiger partial charge on any atom is -0.444 e. The molecule has 28 heavy (non-hydrogen) atoms. The SMILES string of the molecule is CC(C)(C)OC(=O)NCC(=Cc1ccc(N)c(Cl)n1)B1OC(C)(C)C(C)(C)O1. The number of alkyl carbamates (subject to hydrolysis) is 1. The number of rotatable bonds is 4. The quantitative estimate of drug-likeness (QED) is 0.579. The van der Waals surface area contributed by atoms with Gasteiger partial charge in [0.25, 0.3) is 0 Å². The molecule has 0 spiro atoms. The Morgan fingerprint density at radius 2 is 1.86 bits per heavy atom. The molecule has 1 aromatic rings. The van der Waals surface area contributed by atoms with E-state index in [-0.39, 0.29) is 11.7 Å². The molecule has 1 aromatic heterocycles. The fourth-order valence-corrected chi connectivity index (χ4v) is 2.58. The van der Waals surface area contributed by atoms with Crippen LogP contribution < -0.4 is 11.1 Å². The van der Waals surface area contributed by atoms with Crippen LogP contribution in [-0.4, -0.2) is 41.5 Å². The van der Waals surface area contributed by atoms with E-state index in [1.54, 1.807) is 39.0 Å². The van der Waals surface area contributed by atoms with Crippen LogP contribution in [0, 0.1) is 0 Å². The third-order valence-electron chi connectivity index (χ3n) is 4.62. The number of aromatic nitrogens is 1. The molecule has 9 heteroatoms. The highest BCUT2D eigenvalue weighted by Crippen LogP contribution is 2.38. The molecular formula is C19H29BClN3O4. The summed E-state index contributed by atoms with van der Waals surface area (Å²) in [6.07, 6.45) is 1.24. The number of nitrogens with two attached hydrogens (primary N) is 1. The van der Waals surface area contributed by atoms with Crippen molar-refractivity contribution in [2.45, 2.75) is 65.3 Å². The van der Waals surface area contributed by atoms with Gasteiger partial charge in [-0.2, -0.15) is 0 Å². The first-order valence-electron chi connectivity index (χ1n) is 9.15. The maximum atomic E-state index is 12.1. The smallest absolute Gasteiger partial charge is 0.444 e. The van der Waals surface area contributed by atoms with Gasteiger partial charge >= 0.3 is 13.2 Å². The topological polar surface area (TPSA) is 95.7 Å². The van der Waals surface area contributed by atoms with Gasteiger partial charge in [0.05, 0.1) is 22.6 Å². The molecule has 0 aliphatic carbocycles. The Morgan fingerprint density at radius 3 is 2.36 bits per heavy atom. The largest absolute Gasteiger partial charge is 0.492 e. The molecule has 0 aromatic carbocycles. The number of hydrogen-bond donors (Lipinski definition) is 2. The Morgan fingerprint density at radius 1 is 1.29 bits per heavy atom. The van der Waals surface area contributed by atoms with E-state index in [2.05, 4.69) is 10.3 Å². The number of anilines is 1. The van der Waals surface area contributed by atoms with Gasteiger partial charge < -0.3 is 25.1 Å². The van der Waals surface area contributed by atoms with Crippen molar-refractivity contribution in [3.8, 4) is 0 Å². The Kier molecular flexibility index (Phi) is 6.38. The van der Waals surface area contributed by atoms with E-state index in [1.165, 1.54) is 0 Å². The zero-order chi connectivity index (χ0) is 21.3. The fraction of sp³-hybridized carbons (Fsp3) is 0.579. The van der Waals surface area contributed by atoms with Gasteiger partial charge in [-0.05, 0) is 72.1 Å². The molecule has 0 bridgehead atoms. The highest BCUT2D eigenvalue weighted by atomic mass is 35.5. The number of nitrogens with zero attached hydrogens (tertiary/aromatic N) is 1. The first-order valence-corrected chi connectivity index (χ1v) is 9.53. The summed E-state index contributed by atoms with van der Waals surface area (Å²) in [5.74, 6) is 0. The van der Waals surface area contributed by atoms with Crippen molar-refractivity contribution in [2.75, 3.05) is 12.3 Å². The molecule has 2 heterocycles.